The topological polar surface area (TPSA) is 99.6 Å². The molecule has 0 radical (unpaired) electrons. The maximum absolute atomic E-state index is 13.4. The van der Waals surface area contributed by atoms with Gasteiger partial charge in [-0.2, -0.15) is 13.5 Å². The number of carbonyl (C=O) groups excluding carboxylic acids is 1. The normalized spacial score (nSPS) is 15.8. The molecule has 3 rings (SSSR count). The molecule has 1 fully saturated rings. The van der Waals surface area contributed by atoms with Crippen LogP contribution in [0, 0.1) is 0 Å². The monoisotopic (exact) mass is 476 g/mol. The lowest BCUT2D eigenvalue weighted by Crippen LogP contribution is -2.52. The van der Waals surface area contributed by atoms with E-state index in [4.69, 9.17) is 0 Å². The quantitative estimate of drug-likeness (QED) is 0.636. The van der Waals surface area contributed by atoms with Gasteiger partial charge in [-0.05, 0) is 68.1 Å². The summed E-state index contributed by atoms with van der Waals surface area (Å²) in [5, 5.41) is 6.86. The first-order valence-corrected chi connectivity index (χ1v) is 12.9. The Morgan fingerprint density at radius 2 is 1.64 bits per heavy atom. The highest BCUT2D eigenvalue weighted by atomic mass is 32.2. The van der Waals surface area contributed by atoms with Crippen LogP contribution in [0.25, 0.3) is 0 Å². The molecule has 33 heavy (non-hydrogen) atoms. The van der Waals surface area contributed by atoms with E-state index in [1.807, 2.05) is 19.2 Å². The second-order valence-electron chi connectivity index (χ2n) is 9.46. The zero-order chi connectivity index (χ0) is 24.3. The van der Waals surface area contributed by atoms with Crippen LogP contribution in [0.15, 0.2) is 30.6 Å². The number of urea groups is 1. The summed E-state index contributed by atoms with van der Waals surface area (Å²) < 4.78 is 31.8. The van der Waals surface area contributed by atoms with E-state index >= 15 is 0 Å². The van der Waals surface area contributed by atoms with Gasteiger partial charge in [0.25, 0.3) is 0 Å². The molecular weight excluding hydrogens is 440 g/mol. The van der Waals surface area contributed by atoms with Crippen molar-refractivity contribution < 1.29 is 13.2 Å². The van der Waals surface area contributed by atoms with Crippen LogP contribution in [0.2, 0.25) is 0 Å². The number of hydrogen-bond acceptors (Lipinski definition) is 5. The number of nitrogens with zero attached hydrogens (tertiary/aromatic N) is 4. The van der Waals surface area contributed by atoms with Gasteiger partial charge in [0.15, 0.2) is 0 Å². The third-order valence-electron chi connectivity index (χ3n) is 6.01. The van der Waals surface area contributed by atoms with Gasteiger partial charge in [0.2, 0.25) is 0 Å². The van der Waals surface area contributed by atoms with Crippen molar-refractivity contribution in [1.29, 1.82) is 0 Å². The predicted octanol–water partition coefficient (Wildman–Crippen LogP) is 3.63. The number of aryl methyl sites for hydroxylation is 1. The van der Waals surface area contributed by atoms with Gasteiger partial charge in [0.05, 0.1) is 11.9 Å². The summed E-state index contributed by atoms with van der Waals surface area (Å²) in [4.78, 5) is 15.0. The van der Waals surface area contributed by atoms with Crippen molar-refractivity contribution in [3.05, 3.63) is 41.7 Å². The second kappa shape index (κ2) is 10.1. The third kappa shape index (κ3) is 6.26. The van der Waals surface area contributed by atoms with Gasteiger partial charge in [-0.15, -0.1) is 0 Å². The van der Waals surface area contributed by atoms with Crippen molar-refractivity contribution in [3.63, 3.8) is 0 Å². The van der Waals surface area contributed by atoms with Crippen LogP contribution < -0.4 is 14.3 Å². The molecule has 10 heteroatoms. The van der Waals surface area contributed by atoms with Gasteiger partial charge in [-0.3, -0.25) is 4.68 Å². The highest BCUT2D eigenvalue weighted by Gasteiger charge is 2.34. The number of piperidine rings is 1. The summed E-state index contributed by atoms with van der Waals surface area (Å²) >= 11 is 0. The number of benzene rings is 1. The number of rotatable bonds is 7. The average molecular weight is 477 g/mol. The summed E-state index contributed by atoms with van der Waals surface area (Å²) in [5.74, 6) is 0.558. The number of aromatic nitrogens is 2. The van der Waals surface area contributed by atoms with Crippen molar-refractivity contribution in [2.24, 2.45) is 7.05 Å². The van der Waals surface area contributed by atoms with Crippen LogP contribution in [0.4, 0.5) is 16.2 Å². The largest absolute Gasteiger partial charge is 0.334 e. The van der Waals surface area contributed by atoms with Gasteiger partial charge in [-0.25, -0.2) is 13.8 Å². The molecule has 2 N–H and O–H groups in total. The van der Waals surface area contributed by atoms with E-state index in [0.717, 1.165) is 24.2 Å². The molecule has 2 amide bonds. The molecule has 1 aromatic heterocycles. The lowest BCUT2D eigenvalue weighted by Gasteiger charge is -2.36. The molecule has 2 heterocycles. The number of anilines is 2. The number of hydrogen-bond donors (Lipinski definition) is 2. The van der Waals surface area contributed by atoms with Crippen molar-refractivity contribution >= 4 is 27.6 Å². The van der Waals surface area contributed by atoms with Gasteiger partial charge in [0, 0.05) is 25.0 Å². The van der Waals surface area contributed by atoms with E-state index in [2.05, 4.69) is 53.8 Å². The molecule has 1 aliphatic rings. The second-order valence-corrected chi connectivity index (χ2v) is 11.0. The van der Waals surface area contributed by atoms with E-state index in [1.54, 1.807) is 17.9 Å². The Morgan fingerprint density at radius 3 is 2.12 bits per heavy atom. The Balaban J connectivity index is 1.83. The van der Waals surface area contributed by atoms with Crippen molar-refractivity contribution in [1.82, 2.24) is 19.4 Å². The van der Waals surface area contributed by atoms with E-state index in [0.29, 0.717) is 24.2 Å². The molecule has 0 unspecified atom stereocenters. The van der Waals surface area contributed by atoms with E-state index in [-0.39, 0.29) is 17.9 Å². The number of nitrogens with one attached hydrogen (secondary N) is 2. The Morgan fingerprint density at radius 1 is 1.06 bits per heavy atom. The molecule has 9 nitrogen and oxygen atoms in total. The minimum Gasteiger partial charge on any atom is -0.307 e. The van der Waals surface area contributed by atoms with E-state index in [1.165, 1.54) is 10.5 Å². The van der Waals surface area contributed by atoms with Crippen LogP contribution in [0.1, 0.15) is 63.5 Å². The fourth-order valence-corrected chi connectivity index (χ4v) is 5.39. The van der Waals surface area contributed by atoms with Crippen molar-refractivity contribution in [2.45, 2.75) is 58.4 Å². The molecule has 1 aromatic carbocycles. The van der Waals surface area contributed by atoms with Gasteiger partial charge < -0.3 is 10.2 Å². The first-order valence-electron chi connectivity index (χ1n) is 11.4. The molecule has 1 aliphatic heterocycles. The van der Waals surface area contributed by atoms with E-state index < -0.39 is 16.2 Å². The molecular formula is C23H36N6O3S. The van der Waals surface area contributed by atoms with Crippen LogP contribution in [0.5, 0.6) is 0 Å². The summed E-state index contributed by atoms with van der Waals surface area (Å²) in [6.07, 6.45) is 4.50. The van der Waals surface area contributed by atoms with Crippen LogP contribution in [-0.4, -0.2) is 55.3 Å². The maximum atomic E-state index is 13.4. The van der Waals surface area contributed by atoms with Crippen LogP contribution >= 0.6 is 0 Å². The predicted molar refractivity (Wildman–Crippen MR) is 132 cm³/mol. The SMILES string of the molecule is CC(C)c1cc(NC(=O)NS(=O)(=O)N(c2cnn(C)c2)C2CCN(C)CC2)cc(C(C)C)c1. The third-order valence-corrected chi connectivity index (χ3v) is 7.49. The van der Waals surface area contributed by atoms with Gasteiger partial charge in [0.1, 0.15) is 0 Å². The molecule has 182 valence electrons. The Hall–Kier alpha value is -2.59. The zero-order valence-corrected chi connectivity index (χ0v) is 21.2. The summed E-state index contributed by atoms with van der Waals surface area (Å²) in [6, 6.07) is 4.86. The highest BCUT2D eigenvalue weighted by molar-refractivity contribution is 7.91. The molecule has 0 bridgehead atoms. The fraction of sp³-hybridized carbons (Fsp3) is 0.565. The van der Waals surface area contributed by atoms with Gasteiger partial charge >= 0.3 is 16.2 Å². The Bertz CT molecular complexity index is 1050. The van der Waals surface area contributed by atoms with E-state index in [9.17, 15) is 13.2 Å². The average Bonchev–Trinajstić information content (AvgIpc) is 3.14. The molecule has 0 saturated carbocycles. The number of likely N-dealkylation sites (tertiary alicyclic amines) is 1. The first-order chi connectivity index (χ1) is 15.5. The lowest BCUT2D eigenvalue weighted by atomic mass is 9.95. The standard InChI is InChI=1S/C23H36N6O3S/c1-16(2)18-11-19(17(3)4)13-20(12-18)25-23(30)26-33(31,32)29(22-14-24-28(6)15-22)21-7-9-27(5)10-8-21/h11-17,21H,7-10H2,1-6H3,(H2,25,26,30). The fourth-order valence-electron chi connectivity index (χ4n) is 4.04. The zero-order valence-electron chi connectivity index (χ0n) is 20.4. The Kier molecular flexibility index (Phi) is 7.69. The maximum Gasteiger partial charge on any atom is 0.334 e. The first kappa shape index (κ1) is 25.0. The summed E-state index contributed by atoms with van der Waals surface area (Å²) in [6.45, 7) is 9.90. The Labute approximate surface area is 197 Å². The van der Waals surface area contributed by atoms with Crippen molar-refractivity contribution in [3.8, 4) is 0 Å². The highest BCUT2D eigenvalue weighted by Crippen LogP contribution is 2.27. The number of carbonyl (C=O) groups is 1. The molecule has 0 atom stereocenters. The minimum atomic E-state index is -4.15. The molecule has 2 aromatic rings. The summed E-state index contributed by atoms with van der Waals surface area (Å²) in [5.41, 5.74) is 3.19. The van der Waals surface area contributed by atoms with Crippen molar-refractivity contribution in [2.75, 3.05) is 29.8 Å². The number of amides is 2. The lowest BCUT2D eigenvalue weighted by molar-refractivity contribution is 0.254. The molecule has 0 spiro atoms. The molecule has 0 aliphatic carbocycles. The summed E-state index contributed by atoms with van der Waals surface area (Å²) in [7, 11) is -0.403. The van der Waals surface area contributed by atoms with Crippen LogP contribution in [0.3, 0.4) is 0 Å². The minimum absolute atomic E-state index is 0.257. The molecule has 1 saturated heterocycles. The smallest absolute Gasteiger partial charge is 0.307 e. The van der Waals surface area contributed by atoms with Gasteiger partial charge in [-0.1, -0.05) is 33.8 Å². The van der Waals surface area contributed by atoms with Crippen LogP contribution in [-0.2, 0) is 17.3 Å².